The van der Waals surface area contributed by atoms with E-state index in [-0.39, 0.29) is 12.0 Å². The number of nitrogens with one attached hydrogen (secondary N) is 1. The molecule has 116 valence electrons. The van der Waals surface area contributed by atoms with Crippen molar-refractivity contribution < 1.29 is 14.3 Å². The summed E-state index contributed by atoms with van der Waals surface area (Å²) in [6.45, 7) is 1.05. The molecule has 1 amide bonds. The van der Waals surface area contributed by atoms with Crippen molar-refractivity contribution in [2.75, 3.05) is 13.7 Å². The minimum atomic E-state index is -0.311. The number of carbonyl (C=O) groups is 1. The highest BCUT2D eigenvalue weighted by molar-refractivity contribution is 7.14. The molecule has 1 atom stereocenters. The zero-order chi connectivity index (χ0) is 15.4. The summed E-state index contributed by atoms with van der Waals surface area (Å²) >= 11 is 1.47. The number of aromatic nitrogens is 2. The van der Waals surface area contributed by atoms with Gasteiger partial charge < -0.3 is 14.8 Å². The molecule has 1 N–H and O–H groups in total. The number of hydrogen-bond acceptors (Lipinski definition) is 6. The molecule has 3 rings (SSSR count). The van der Waals surface area contributed by atoms with Crippen LogP contribution in [0.25, 0.3) is 10.6 Å². The van der Waals surface area contributed by atoms with Gasteiger partial charge in [-0.25, -0.2) is 0 Å². The van der Waals surface area contributed by atoms with Crippen LogP contribution in [0.3, 0.4) is 0 Å². The van der Waals surface area contributed by atoms with Crippen molar-refractivity contribution in [1.82, 2.24) is 15.5 Å². The van der Waals surface area contributed by atoms with Crippen LogP contribution in [0.2, 0.25) is 0 Å². The van der Waals surface area contributed by atoms with Gasteiger partial charge in [0.15, 0.2) is 0 Å². The molecule has 0 saturated carbocycles. The van der Waals surface area contributed by atoms with Crippen LogP contribution in [0.5, 0.6) is 5.75 Å². The molecule has 1 unspecified atom stereocenters. The molecule has 0 radical (unpaired) electrons. The highest BCUT2D eigenvalue weighted by Gasteiger charge is 2.23. The van der Waals surface area contributed by atoms with Gasteiger partial charge in [0.2, 0.25) is 5.91 Å². The minimum absolute atomic E-state index is 0.0707. The van der Waals surface area contributed by atoms with Crippen molar-refractivity contribution in [3.05, 3.63) is 29.3 Å². The summed E-state index contributed by atoms with van der Waals surface area (Å²) in [6.07, 6.45) is 1.42. The Labute approximate surface area is 132 Å². The molecule has 6 nitrogen and oxygen atoms in total. The zero-order valence-electron chi connectivity index (χ0n) is 12.2. The van der Waals surface area contributed by atoms with E-state index in [4.69, 9.17) is 9.47 Å². The molecule has 2 heterocycles. The van der Waals surface area contributed by atoms with E-state index in [1.807, 2.05) is 24.3 Å². The Morgan fingerprint density at radius 1 is 1.41 bits per heavy atom. The molecular formula is C15H17N3O3S. The van der Waals surface area contributed by atoms with E-state index in [0.717, 1.165) is 34.2 Å². The normalized spacial score (nSPS) is 17.4. The van der Waals surface area contributed by atoms with E-state index >= 15 is 0 Å². The van der Waals surface area contributed by atoms with Crippen LogP contribution in [0.1, 0.15) is 17.8 Å². The predicted molar refractivity (Wildman–Crippen MR) is 82.7 cm³/mol. The third-order valence-electron chi connectivity index (χ3n) is 3.44. The van der Waals surface area contributed by atoms with Gasteiger partial charge in [-0.2, -0.15) is 0 Å². The van der Waals surface area contributed by atoms with Crippen molar-refractivity contribution in [3.63, 3.8) is 0 Å². The molecule has 1 saturated heterocycles. The fourth-order valence-electron chi connectivity index (χ4n) is 2.24. The summed E-state index contributed by atoms with van der Waals surface area (Å²) < 4.78 is 10.5. The monoisotopic (exact) mass is 319 g/mol. The van der Waals surface area contributed by atoms with Crippen LogP contribution in [0, 0.1) is 0 Å². The maximum atomic E-state index is 11.9. The quantitative estimate of drug-likeness (QED) is 0.912. The van der Waals surface area contributed by atoms with Gasteiger partial charge in [-0.1, -0.05) is 11.3 Å². The molecule has 1 aliphatic heterocycles. The number of carbonyl (C=O) groups excluding carboxylic acids is 1. The third-order valence-corrected chi connectivity index (χ3v) is 4.41. The predicted octanol–water partition coefficient (Wildman–Crippen LogP) is 2.01. The number of rotatable bonds is 5. The second-order valence-electron chi connectivity index (χ2n) is 4.95. The van der Waals surface area contributed by atoms with E-state index in [1.54, 1.807) is 7.11 Å². The zero-order valence-corrected chi connectivity index (χ0v) is 13.1. The van der Waals surface area contributed by atoms with Crippen molar-refractivity contribution >= 4 is 17.2 Å². The standard InChI is InChI=1S/C15H17N3O3S/c1-20-11-6-4-10(5-7-11)15-18-17-13(22-15)9-16-14(19)12-3-2-8-21-12/h4-7,12H,2-3,8-9H2,1H3,(H,16,19). The minimum Gasteiger partial charge on any atom is -0.497 e. The molecule has 1 aromatic carbocycles. The van der Waals surface area contributed by atoms with Gasteiger partial charge in [0.1, 0.15) is 21.9 Å². The Morgan fingerprint density at radius 2 is 2.23 bits per heavy atom. The van der Waals surface area contributed by atoms with Crippen molar-refractivity contribution in [2.24, 2.45) is 0 Å². The maximum absolute atomic E-state index is 11.9. The maximum Gasteiger partial charge on any atom is 0.249 e. The Kier molecular flexibility index (Phi) is 4.65. The molecule has 1 fully saturated rings. The second-order valence-corrected chi connectivity index (χ2v) is 6.01. The van der Waals surface area contributed by atoms with Gasteiger partial charge in [0.05, 0.1) is 13.7 Å². The van der Waals surface area contributed by atoms with Gasteiger partial charge >= 0.3 is 0 Å². The smallest absolute Gasteiger partial charge is 0.249 e. The molecular weight excluding hydrogens is 302 g/mol. The van der Waals surface area contributed by atoms with Crippen LogP contribution < -0.4 is 10.1 Å². The molecule has 0 spiro atoms. The first-order chi connectivity index (χ1) is 10.8. The lowest BCUT2D eigenvalue weighted by molar-refractivity contribution is -0.130. The van der Waals surface area contributed by atoms with Crippen molar-refractivity contribution in [2.45, 2.75) is 25.5 Å². The van der Waals surface area contributed by atoms with E-state index < -0.39 is 0 Å². The number of amides is 1. The molecule has 22 heavy (non-hydrogen) atoms. The van der Waals surface area contributed by atoms with Gasteiger partial charge in [-0.15, -0.1) is 10.2 Å². The first-order valence-corrected chi connectivity index (χ1v) is 7.94. The molecule has 1 aromatic heterocycles. The summed E-state index contributed by atoms with van der Waals surface area (Å²) in [4.78, 5) is 11.9. The molecule has 2 aromatic rings. The first kappa shape index (κ1) is 14.9. The van der Waals surface area contributed by atoms with E-state index in [9.17, 15) is 4.79 Å². The summed E-state index contributed by atoms with van der Waals surface area (Å²) in [5.74, 6) is 0.732. The SMILES string of the molecule is COc1ccc(-c2nnc(CNC(=O)C3CCCO3)s2)cc1. The lowest BCUT2D eigenvalue weighted by Gasteiger charge is -2.08. The summed E-state index contributed by atoms with van der Waals surface area (Å²) in [5, 5.41) is 12.7. The lowest BCUT2D eigenvalue weighted by atomic mass is 10.2. The lowest BCUT2D eigenvalue weighted by Crippen LogP contribution is -2.33. The van der Waals surface area contributed by atoms with E-state index in [2.05, 4.69) is 15.5 Å². The highest BCUT2D eigenvalue weighted by atomic mass is 32.1. The molecule has 0 aliphatic carbocycles. The molecule has 1 aliphatic rings. The summed E-state index contributed by atoms with van der Waals surface area (Å²) in [6, 6.07) is 7.65. The fraction of sp³-hybridized carbons (Fsp3) is 0.400. The largest absolute Gasteiger partial charge is 0.497 e. The topological polar surface area (TPSA) is 73.3 Å². The summed E-state index contributed by atoms with van der Waals surface area (Å²) in [7, 11) is 1.63. The van der Waals surface area contributed by atoms with Crippen LogP contribution >= 0.6 is 11.3 Å². The Bertz CT molecular complexity index is 636. The van der Waals surface area contributed by atoms with Crippen LogP contribution in [-0.2, 0) is 16.1 Å². The van der Waals surface area contributed by atoms with Crippen molar-refractivity contribution in [3.8, 4) is 16.3 Å². The van der Waals surface area contributed by atoms with Gasteiger partial charge in [-0.05, 0) is 37.1 Å². The average Bonchev–Trinajstić information content (AvgIpc) is 3.24. The average molecular weight is 319 g/mol. The van der Waals surface area contributed by atoms with Crippen LogP contribution in [0.15, 0.2) is 24.3 Å². The summed E-state index contributed by atoms with van der Waals surface area (Å²) in [5.41, 5.74) is 0.981. The van der Waals surface area contributed by atoms with Gasteiger partial charge in [-0.3, -0.25) is 4.79 Å². The number of hydrogen-bond donors (Lipinski definition) is 1. The number of nitrogens with zero attached hydrogens (tertiary/aromatic N) is 2. The first-order valence-electron chi connectivity index (χ1n) is 7.12. The second kappa shape index (κ2) is 6.85. The van der Waals surface area contributed by atoms with E-state index in [1.165, 1.54) is 11.3 Å². The van der Waals surface area contributed by atoms with Crippen LogP contribution in [0.4, 0.5) is 0 Å². The van der Waals surface area contributed by atoms with Gasteiger partial charge in [0.25, 0.3) is 0 Å². The van der Waals surface area contributed by atoms with Gasteiger partial charge in [0, 0.05) is 12.2 Å². The number of methoxy groups -OCH3 is 1. The molecule has 7 heteroatoms. The molecule has 0 bridgehead atoms. The van der Waals surface area contributed by atoms with E-state index in [0.29, 0.717) is 13.2 Å². The highest BCUT2D eigenvalue weighted by Crippen LogP contribution is 2.25. The number of benzene rings is 1. The Balaban J connectivity index is 1.59. The Morgan fingerprint density at radius 3 is 2.91 bits per heavy atom. The fourth-order valence-corrected chi connectivity index (χ4v) is 3.02. The van der Waals surface area contributed by atoms with Crippen LogP contribution in [-0.4, -0.2) is 35.9 Å². The van der Waals surface area contributed by atoms with Crippen molar-refractivity contribution in [1.29, 1.82) is 0 Å². The number of ether oxygens (including phenoxy) is 2. The third kappa shape index (κ3) is 3.42. The Hall–Kier alpha value is -1.99.